The van der Waals surface area contributed by atoms with Gasteiger partial charge in [-0.1, -0.05) is 23.2 Å². The number of hydrogen-bond donors (Lipinski definition) is 1. The number of anilines is 2. The molecule has 0 saturated heterocycles. The highest BCUT2D eigenvalue weighted by Crippen LogP contribution is 2.71. The number of hydrogen-bond acceptors (Lipinski definition) is 5. The van der Waals surface area contributed by atoms with Crippen LogP contribution < -0.4 is 5.32 Å². The summed E-state index contributed by atoms with van der Waals surface area (Å²) in [6.45, 7) is 0.782. The molecule has 3 aliphatic carbocycles. The Balaban J connectivity index is 1.39. The van der Waals surface area contributed by atoms with Crippen molar-refractivity contribution >= 4 is 45.7 Å². The molecule has 0 amide bonds. The zero-order valence-corrected chi connectivity index (χ0v) is 16.0. The highest BCUT2D eigenvalue weighted by Gasteiger charge is 2.69. The van der Waals surface area contributed by atoms with E-state index in [4.69, 9.17) is 27.9 Å². The fourth-order valence-electron chi connectivity index (χ4n) is 4.58. The van der Waals surface area contributed by atoms with Gasteiger partial charge in [0.25, 0.3) is 0 Å². The Kier molecular flexibility index (Phi) is 3.67. The van der Waals surface area contributed by atoms with Crippen LogP contribution in [0.25, 0.3) is 10.9 Å². The van der Waals surface area contributed by atoms with Crippen LogP contribution >= 0.6 is 23.2 Å². The first kappa shape index (κ1) is 17.2. The van der Waals surface area contributed by atoms with Crippen molar-refractivity contribution in [2.24, 2.45) is 5.41 Å². The summed E-state index contributed by atoms with van der Waals surface area (Å²) < 4.78 is 20.9. The van der Waals surface area contributed by atoms with Crippen LogP contribution in [0.15, 0.2) is 24.5 Å². The maximum absolute atomic E-state index is 13.7. The average Bonchev–Trinajstić information content (AvgIpc) is 2.92. The van der Waals surface area contributed by atoms with Crippen molar-refractivity contribution in [3.63, 3.8) is 0 Å². The molecule has 1 N–H and O–H groups in total. The molecule has 3 fully saturated rings. The van der Waals surface area contributed by atoms with Gasteiger partial charge in [0.15, 0.2) is 5.15 Å². The number of halogens is 3. The maximum Gasteiger partial charge on any atom is 0.227 e. The molecule has 6 rings (SSSR count). The summed E-state index contributed by atoms with van der Waals surface area (Å²) in [6, 6.07) is 2.78. The van der Waals surface area contributed by atoms with Gasteiger partial charge >= 0.3 is 0 Å². The molecule has 3 saturated carbocycles. The molecule has 2 aromatic heterocycles. The SMILES string of the molecule is COCC12CC(n3ncc(Nc4ncc5cc(Cl)c(F)cc5n4)c3Cl)(C1)C2. The Bertz CT molecular complexity index is 1050. The van der Waals surface area contributed by atoms with Crippen LogP contribution in [-0.2, 0) is 10.3 Å². The van der Waals surface area contributed by atoms with Gasteiger partial charge in [-0.2, -0.15) is 5.10 Å². The van der Waals surface area contributed by atoms with E-state index in [2.05, 4.69) is 20.4 Å². The van der Waals surface area contributed by atoms with Crippen molar-refractivity contribution in [1.29, 1.82) is 0 Å². The summed E-state index contributed by atoms with van der Waals surface area (Å²) in [4.78, 5) is 8.58. The van der Waals surface area contributed by atoms with Crippen LogP contribution in [0.4, 0.5) is 16.0 Å². The minimum atomic E-state index is -0.520. The van der Waals surface area contributed by atoms with Crippen molar-refractivity contribution in [2.45, 2.75) is 24.8 Å². The van der Waals surface area contributed by atoms with Gasteiger partial charge < -0.3 is 10.1 Å². The first-order valence-electron chi connectivity index (χ1n) is 8.56. The van der Waals surface area contributed by atoms with Crippen molar-refractivity contribution in [1.82, 2.24) is 19.7 Å². The fraction of sp³-hybridized carbons (Fsp3) is 0.389. The number of fused-ring (bicyclic) bond motifs is 1. The predicted molar refractivity (Wildman–Crippen MR) is 101 cm³/mol. The molecular formula is C18H16Cl2FN5O. The summed E-state index contributed by atoms with van der Waals surface area (Å²) in [6.07, 6.45) is 6.34. The third-order valence-electron chi connectivity index (χ3n) is 5.59. The van der Waals surface area contributed by atoms with E-state index in [1.165, 1.54) is 12.1 Å². The summed E-state index contributed by atoms with van der Waals surface area (Å²) >= 11 is 12.4. The molecule has 27 heavy (non-hydrogen) atoms. The van der Waals surface area contributed by atoms with Crippen molar-refractivity contribution in [2.75, 3.05) is 19.0 Å². The summed E-state index contributed by atoms with van der Waals surface area (Å²) in [5.74, 6) is -0.201. The Morgan fingerprint density at radius 3 is 2.78 bits per heavy atom. The number of benzene rings is 1. The van der Waals surface area contributed by atoms with Crippen molar-refractivity contribution < 1.29 is 9.13 Å². The van der Waals surface area contributed by atoms with E-state index in [1.807, 2.05) is 4.68 Å². The summed E-state index contributed by atoms with van der Waals surface area (Å²) in [5, 5.41) is 8.77. The van der Waals surface area contributed by atoms with E-state index in [0.29, 0.717) is 33.1 Å². The fourth-order valence-corrected chi connectivity index (χ4v) is 5.07. The zero-order valence-electron chi connectivity index (χ0n) is 14.5. The van der Waals surface area contributed by atoms with Crippen LogP contribution in [0.1, 0.15) is 19.3 Å². The van der Waals surface area contributed by atoms with E-state index in [9.17, 15) is 4.39 Å². The highest BCUT2D eigenvalue weighted by molar-refractivity contribution is 6.32. The monoisotopic (exact) mass is 407 g/mol. The van der Waals surface area contributed by atoms with E-state index in [0.717, 1.165) is 25.9 Å². The van der Waals surface area contributed by atoms with E-state index >= 15 is 0 Å². The van der Waals surface area contributed by atoms with Gasteiger partial charge in [-0.25, -0.2) is 19.0 Å². The molecule has 0 spiro atoms. The smallest absolute Gasteiger partial charge is 0.227 e. The first-order chi connectivity index (χ1) is 12.9. The molecule has 9 heteroatoms. The van der Waals surface area contributed by atoms with Crippen LogP contribution in [0.2, 0.25) is 10.2 Å². The number of ether oxygens (including phenoxy) is 1. The molecule has 6 nitrogen and oxygen atoms in total. The van der Waals surface area contributed by atoms with Gasteiger partial charge in [0.1, 0.15) is 5.82 Å². The molecular weight excluding hydrogens is 392 g/mol. The van der Waals surface area contributed by atoms with Crippen LogP contribution in [0, 0.1) is 11.2 Å². The summed E-state index contributed by atoms with van der Waals surface area (Å²) in [7, 11) is 1.74. The first-order valence-corrected chi connectivity index (χ1v) is 9.31. The molecule has 3 aromatic rings. The van der Waals surface area contributed by atoms with Gasteiger partial charge in [-0.3, -0.25) is 0 Å². The van der Waals surface area contributed by atoms with E-state index in [1.54, 1.807) is 19.5 Å². The van der Waals surface area contributed by atoms with Gasteiger partial charge in [-0.05, 0) is 25.3 Å². The molecule has 140 valence electrons. The third-order valence-corrected chi connectivity index (χ3v) is 6.24. The van der Waals surface area contributed by atoms with Gasteiger partial charge in [0.2, 0.25) is 5.95 Å². The summed E-state index contributed by atoms with van der Waals surface area (Å²) in [5.41, 5.74) is 1.37. The molecule has 2 heterocycles. The Morgan fingerprint density at radius 1 is 1.26 bits per heavy atom. The van der Waals surface area contributed by atoms with Crippen molar-refractivity contribution in [3.05, 3.63) is 40.5 Å². The zero-order chi connectivity index (χ0) is 18.8. The Morgan fingerprint density at radius 2 is 2.04 bits per heavy atom. The van der Waals surface area contributed by atoms with Gasteiger partial charge in [0.05, 0.1) is 34.6 Å². The Hall–Kier alpha value is -1.96. The van der Waals surface area contributed by atoms with Gasteiger partial charge in [0, 0.05) is 30.2 Å². The quantitative estimate of drug-likeness (QED) is 0.672. The number of rotatable bonds is 5. The predicted octanol–water partition coefficient (Wildman–Crippen LogP) is 4.54. The number of aromatic nitrogens is 4. The Labute approximate surface area is 164 Å². The second-order valence-corrected chi connectivity index (χ2v) is 8.36. The molecule has 0 radical (unpaired) electrons. The molecule has 2 bridgehead atoms. The third kappa shape index (κ3) is 2.52. The molecule has 3 aliphatic rings. The second kappa shape index (κ2) is 5.77. The second-order valence-electron chi connectivity index (χ2n) is 7.59. The lowest BCUT2D eigenvalue weighted by molar-refractivity contribution is -0.217. The largest absolute Gasteiger partial charge is 0.384 e. The number of methoxy groups -OCH3 is 1. The van der Waals surface area contributed by atoms with Crippen LogP contribution in [-0.4, -0.2) is 33.5 Å². The van der Waals surface area contributed by atoms with Crippen LogP contribution in [0.5, 0.6) is 0 Å². The van der Waals surface area contributed by atoms with E-state index in [-0.39, 0.29) is 10.6 Å². The molecule has 0 aliphatic heterocycles. The normalized spacial score (nSPS) is 25.9. The van der Waals surface area contributed by atoms with Gasteiger partial charge in [-0.15, -0.1) is 0 Å². The standard InChI is InChI=1S/C18H16Cl2FN5O/c1-27-9-17-6-18(7-17,8-17)26-15(20)14(5-23-26)25-16-22-4-10-2-11(19)12(21)3-13(10)24-16/h2-5H,6-9H2,1H3,(H,22,24,25). The highest BCUT2D eigenvalue weighted by atomic mass is 35.5. The molecule has 1 aromatic carbocycles. The maximum atomic E-state index is 13.7. The molecule has 0 atom stereocenters. The number of nitrogens with zero attached hydrogens (tertiary/aromatic N) is 4. The number of nitrogens with one attached hydrogen (secondary N) is 1. The van der Waals surface area contributed by atoms with Crippen molar-refractivity contribution in [3.8, 4) is 0 Å². The average molecular weight is 408 g/mol. The molecule has 0 unspecified atom stereocenters. The minimum Gasteiger partial charge on any atom is -0.384 e. The lowest BCUT2D eigenvalue weighted by atomic mass is 9.39. The van der Waals surface area contributed by atoms with Crippen LogP contribution in [0.3, 0.4) is 0 Å². The lowest BCUT2D eigenvalue weighted by Crippen LogP contribution is -2.69. The topological polar surface area (TPSA) is 64.9 Å². The lowest BCUT2D eigenvalue weighted by Gasteiger charge is -2.70. The van der Waals surface area contributed by atoms with E-state index < -0.39 is 5.82 Å². The minimum absolute atomic E-state index is 0.000334.